The Balaban J connectivity index is 4.63. The first kappa shape index (κ1) is 117. The second kappa shape index (κ2) is 95.5. The van der Waals surface area contributed by atoms with Crippen molar-refractivity contribution in [3.63, 3.8) is 0 Å². The number of hydrogen-bond donors (Lipinski definition) is 4. The lowest BCUT2D eigenvalue weighted by Gasteiger charge is -2.21. The molecule has 0 aromatic rings. The summed E-state index contributed by atoms with van der Waals surface area (Å²) in [5.41, 5.74) is 0. The molecule has 0 aromatic carbocycles. The number of aliphatic hydroxyl groups is 2. The Morgan fingerprint density at radius 2 is 0.431 bits per heavy atom. The molecule has 0 aromatic heterocycles. The van der Waals surface area contributed by atoms with E-state index < -0.39 is 91.5 Å². The van der Waals surface area contributed by atoms with Gasteiger partial charge in [-0.25, -0.2) is 9.13 Å². The van der Waals surface area contributed by atoms with E-state index in [2.05, 4.69) is 215 Å². The summed E-state index contributed by atoms with van der Waals surface area (Å²) in [6.07, 6.45) is 128. The first-order valence-corrected chi connectivity index (χ1v) is 51.7. The van der Waals surface area contributed by atoms with Crippen LogP contribution >= 0.6 is 15.6 Å². The molecule has 0 aliphatic carbocycles. The van der Waals surface area contributed by atoms with Crippen molar-refractivity contribution >= 4 is 33.6 Å². The number of rotatable bonds is 91. The van der Waals surface area contributed by atoms with Crippen LogP contribution in [0.2, 0.25) is 0 Å². The Bertz CT molecular complexity index is 3020. The maximum Gasteiger partial charge on any atom is 0.472 e. The molecule has 0 heterocycles. The van der Waals surface area contributed by atoms with Crippen LogP contribution in [-0.2, 0) is 55.8 Å². The molecule has 0 amide bonds. The number of ether oxygens (including phenoxy) is 3. The van der Waals surface area contributed by atoms with Gasteiger partial charge >= 0.3 is 33.6 Å². The molecule has 0 spiro atoms. The topological polar surface area (TPSA) is 231 Å². The van der Waals surface area contributed by atoms with Crippen LogP contribution < -0.4 is 0 Å². The van der Waals surface area contributed by atoms with E-state index in [1.165, 1.54) is 148 Å². The highest BCUT2D eigenvalue weighted by Gasteiger charge is 2.30. The third-order valence-electron chi connectivity index (χ3n) is 20.3. The van der Waals surface area contributed by atoms with Crippen molar-refractivity contribution in [2.45, 2.75) is 411 Å². The predicted octanol–water partition coefficient (Wildman–Crippen LogP) is 30.6. The Hall–Kier alpha value is -5.61. The lowest BCUT2D eigenvalue weighted by molar-refractivity contribution is -0.161. The van der Waals surface area contributed by atoms with E-state index in [-0.39, 0.29) is 19.3 Å². The lowest BCUT2D eigenvalue weighted by Crippen LogP contribution is -2.30. The summed E-state index contributed by atoms with van der Waals surface area (Å²) in [5.74, 6) is -1.58. The fraction of sp³-hybridized carbons (Fsp3) is 0.667. The molecule has 0 bridgehead atoms. The second-order valence-electron chi connectivity index (χ2n) is 32.1. The molecule has 702 valence electrons. The van der Waals surface area contributed by atoms with Gasteiger partial charge in [0.2, 0.25) is 0 Å². The van der Waals surface area contributed by atoms with Crippen molar-refractivity contribution in [3.05, 3.63) is 194 Å². The van der Waals surface area contributed by atoms with Gasteiger partial charge in [-0.15, -0.1) is 0 Å². The molecule has 0 saturated heterocycles. The molecule has 0 radical (unpaired) electrons. The summed E-state index contributed by atoms with van der Waals surface area (Å²) >= 11 is 0. The van der Waals surface area contributed by atoms with Gasteiger partial charge in [-0.3, -0.25) is 32.5 Å². The van der Waals surface area contributed by atoms with Crippen LogP contribution in [0.15, 0.2) is 194 Å². The molecule has 18 heteroatoms. The highest BCUT2D eigenvalue weighted by molar-refractivity contribution is 7.47. The van der Waals surface area contributed by atoms with Gasteiger partial charge in [-0.1, -0.05) is 401 Å². The normalized spacial score (nSPS) is 14.6. The zero-order valence-corrected chi connectivity index (χ0v) is 79.3. The molecule has 5 atom stereocenters. The Kier molecular flexibility index (Phi) is 91.1. The third-order valence-corrected chi connectivity index (χ3v) is 22.2. The molecule has 0 aliphatic rings. The lowest BCUT2D eigenvalue weighted by atomic mass is 10.0. The summed E-state index contributed by atoms with van der Waals surface area (Å²) in [6, 6.07) is 0. The minimum atomic E-state index is -4.95. The van der Waals surface area contributed by atoms with Gasteiger partial charge in [0.15, 0.2) is 6.10 Å². The van der Waals surface area contributed by atoms with Crippen LogP contribution in [0.1, 0.15) is 393 Å². The third kappa shape index (κ3) is 96.9. The van der Waals surface area contributed by atoms with Crippen LogP contribution in [0.25, 0.3) is 0 Å². The average Bonchev–Trinajstić information content (AvgIpc) is 0.892. The zero-order valence-electron chi connectivity index (χ0n) is 77.5. The number of carbonyl (C=O) groups excluding carboxylic acids is 3. The number of hydrogen-bond acceptors (Lipinski definition) is 14. The van der Waals surface area contributed by atoms with Gasteiger partial charge in [0.05, 0.1) is 26.4 Å². The fourth-order valence-electron chi connectivity index (χ4n) is 13.0. The van der Waals surface area contributed by atoms with Gasteiger partial charge in [-0.2, -0.15) is 0 Å². The number of carbonyl (C=O) groups is 3. The van der Waals surface area contributed by atoms with Crippen molar-refractivity contribution in [1.29, 1.82) is 0 Å². The molecule has 0 aliphatic heterocycles. The minimum Gasteiger partial charge on any atom is -0.463 e. The van der Waals surface area contributed by atoms with E-state index in [1.807, 2.05) is 0 Å². The van der Waals surface area contributed by atoms with Crippen LogP contribution in [0.4, 0.5) is 0 Å². The van der Waals surface area contributed by atoms with Gasteiger partial charge in [0.25, 0.3) is 0 Å². The van der Waals surface area contributed by atoms with Crippen LogP contribution in [-0.4, -0.2) is 95.9 Å². The van der Waals surface area contributed by atoms with Crippen molar-refractivity contribution in [2.75, 3.05) is 39.6 Å². The monoisotopic (exact) mass is 1760 g/mol. The Morgan fingerprint density at radius 3 is 0.683 bits per heavy atom. The number of aliphatic hydroxyl groups excluding tert-OH is 2. The van der Waals surface area contributed by atoms with E-state index in [9.17, 15) is 43.5 Å². The molecule has 5 unspecified atom stereocenters. The quantitative estimate of drug-likeness (QED) is 0.0146. The average molecular weight is 1760 g/mol. The number of allylic oxidation sites excluding steroid dienone is 32. The largest absolute Gasteiger partial charge is 0.472 e. The smallest absolute Gasteiger partial charge is 0.463 e. The van der Waals surface area contributed by atoms with Crippen molar-refractivity contribution in [2.24, 2.45) is 0 Å². The SMILES string of the molecule is CC/C=C\C/C=C\C/C=C\C/C=C\C/C=C\C/C=C\CCCCCCCCCCCCCCCCC(=O)OCC(O)COP(=O)(O)OCC(O)COP(=O)(O)OCC(COC(=O)CCCCCCCCCCCC/C=C\C/C=C\C/C=C\C/C=C\C/C=C\C/C=C\CC)OC(=O)CCCCCCCCCCC/C=C\C/C=C\C/C=C\C/C=C\CCCCC. The Labute approximate surface area is 750 Å². The molecular formula is C105H176O16P2. The van der Waals surface area contributed by atoms with Crippen LogP contribution in [0, 0.1) is 0 Å². The van der Waals surface area contributed by atoms with Gasteiger partial charge in [-0.05, 0) is 167 Å². The van der Waals surface area contributed by atoms with Gasteiger partial charge in [0.1, 0.15) is 25.4 Å². The van der Waals surface area contributed by atoms with E-state index in [0.29, 0.717) is 19.3 Å². The molecule has 0 fully saturated rings. The van der Waals surface area contributed by atoms with Crippen molar-refractivity contribution < 1.29 is 75.8 Å². The summed E-state index contributed by atoms with van der Waals surface area (Å²) < 4.78 is 61.6. The van der Waals surface area contributed by atoms with E-state index in [0.717, 1.165) is 186 Å². The first-order valence-electron chi connectivity index (χ1n) is 48.7. The second-order valence-corrected chi connectivity index (χ2v) is 35.0. The van der Waals surface area contributed by atoms with Crippen molar-refractivity contribution in [1.82, 2.24) is 0 Å². The highest BCUT2D eigenvalue weighted by Crippen LogP contribution is 2.45. The van der Waals surface area contributed by atoms with Gasteiger partial charge < -0.3 is 34.2 Å². The molecule has 0 rings (SSSR count). The standard InChI is InChI=1S/C105H176O16P2/c1-4-7-10-13-16-19-22-25-28-31-34-37-40-43-45-47-48-49-50-52-54-56-58-61-64-67-70-73-76-79-82-85-88-91-103(108)115-94-100(106)95-117-122(111,112)118-96-101(107)97-119-123(113,114)120-99-102(121-105(110)93-90-87-84-81-78-75-72-69-66-63-60-55-42-39-36-33-30-27-24-21-18-15-12-9-6-3)98-116-104(109)92-89-86-83-80-77-74-71-68-65-62-59-57-53-51-46-44-41-38-35-32-29-26-23-20-17-14-11-8-5-2/h7-8,10-11,16-21,25-30,34-39,43-46,48-49,53,55,57,60,100-102,106-107H,4-6,9,12-15,22-24,31-33,40-42,47,50-52,54,56,58-59,61-99H2,1-3H3,(H,111,112)(H,113,114)/b10-7-,11-8-,19-16-,20-17-,21-18-,28-25-,29-26-,30-27-,37-34-,38-35-,39-36-,45-43-,46-44-,49-48-,57-53-,60-55-. The molecule has 16 nitrogen and oxygen atoms in total. The Morgan fingerprint density at radius 1 is 0.236 bits per heavy atom. The van der Waals surface area contributed by atoms with Crippen LogP contribution in [0.3, 0.4) is 0 Å². The van der Waals surface area contributed by atoms with E-state index >= 15 is 0 Å². The van der Waals surface area contributed by atoms with E-state index in [4.69, 9.17) is 32.3 Å². The van der Waals surface area contributed by atoms with E-state index in [1.54, 1.807) is 0 Å². The summed E-state index contributed by atoms with van der Waals surface area (Å²) in [4.78, 5) is 59.1. The maximum atomic E-state index is 13.1. The fourth-order valence-corrected chi connectivity index (χ4v) is 14.6. The molecule has 0 saturated carbocycles. The number of unbranched alkanes of at least 4 members (excludes halogenated alkanes) is 36. The number of esters is 3. The summed E-state index contributed by atoms with van der Waals surface area (Å²) in [6.45, 7) is 2.46. The minimum absolute atomic E-state index is 0.0912. The number of phosphoric acid groups is 2. The maximum absolute atomic E-state index is 13.1. The summed E-state index contributed by atoms with van der Waals surface area (Å²) in [5, 5.41) is 20.8. The molecule has 123 heavy (non-hydrogen) atoms. The summed E-state index contributed by atoms with van der Waals surface area (Å²) in [7, 11) is -9.82. The van der Waals surface area contributed by atoms with Crippen molar-refractivity contribution in [3.8, 4) is 0 Å². The molecular weight excluding hydrogens is 1580 g/mol. The molecule has 4 N–H and O–H groups in total. The first-order chi connectivity index (χ1) is 60.2. The predicted molar refractivity (Wildman–Crippen MR) is 518 cm³/mol. The van der Waals surface area contributed by atoms with Gasteiger partial charge in [0, 0.05) is 19.3 Å². The zero-order chi connectivity index (χ0) is 89.3. The highest BCUT2D eigenvalue weighted by atomic mass is 31.2. The number of phosphoric ester groups is 2. The van der Waals surface area contributed by atoms with Crippen LogP contribution in [0.5, 0.6) is 0 Å².